The first-order chi connectivity index (χ1) is 16.3. The Morgan fingerprint density at radius 1 is 1.26 bits per heavy atom. The number of carbonyl (C=O) groups is 1. The van der Waals surface area contributed by atoms with Gasteiger partial charge in [-0.2, -0.15) is 5.10 Å². The van der Waals surface area contributed by atoms with Crippen LogP contribution in [-0.2, 0) is 11.3 Å². The van der Waals surface area contributed by atoms with Crippen LogP contribution in [0.5, 0.6) is 0 Å². The van der Waals surface area contributed by atoms with Gasteiger partial charge in [0, 0.05) is 17.8 Å². The molecule has 34 heavy (non-hydrogen) atoms. The summed E-state index contributed by atoms with van der Waals surface area (Å²) in [6, 6.07) is 8.72. The molecule has 0 fully saturated rings. The molecule has 0 saturated heterocycles. The third-order valence-corrected chi connectivity index (χ3v) is 5.55. The maximum absolute atomic E-state index is 14.7. The van der Waals surface area contributed by atoms with Crippen LogP contribution in [0.25, 0.3) is 11.4 Å². The molecule has 0 spiro atoms. The number of rotatable bonds is 8. The van der Waals surface area contributed by atoms with Crippen molar-refractivity contribution in [2.75, 3.05) is 7.05 Å². The summed E-state index contributed by atoms with van der Waals surface area (Å²) < 4.78 is 35.5. The van der Waals surface area contributed by atoms with Crippen LogP contribution < -0.4 is 5.32 Å². The fourth-order valence-electron chi connectivity index (χ4n) is 3.93. The molecular formula is C23H24F2N6O3. The van der Waals surface area contributed by atoms with Crippen molar-refractivity contribution in [3.05, 3.63) is 71.8 Å². The first-order valence-corrected chi connectivity index (χ1v) is 10.6. The predicted octanol–water partition coefficient (Wildman–Crippen LogP) is 3.25. The van der Waals surface area contributed by atoms with Gasteiger partial charge < -0.3 is 14.9 Å². The standard InChI is InChI=1S/C23H24F2N6O3/c1-13(2)20(23(32)33)30(3)22-16(25)11-26-21(27-22)18-10-19(17-8-9-34-29-17)31(28-18)12-14-6-4-5-7-15(14)24/h4-11,13,20,22H,12H2,1-3H3,(H,26,27)(H,32,33)/t20-,22?/m0/s1. The Kier molecular flexibility index (Phi) is 6.55. The fraction of sp³-hybridized carbons (Fsp3) is 0.304. The number of amidine groups is 1. The lowest BCUT2D eigenvalue weighted by atomic mass is 10.0. The van der Waals surface area contributed by atoms with Crippen LogP contribution in [0.3, 0.4) is 0 Å². The quantitative estimate of drug-likeness (QED) is 0.520. The third kappa shape index (κ3) is 4.60. The molecule has 9 nitrogen and oxygen atoms in total. The molecule has 0 amide bonds. The molecular weight excluding hydrogens is 446 g/mol. The van der Waals surface area contributed by atoms with Gasteiger partial charge in [-0.3, -0.25) is 14.4 Å². The number of aliphatic imine (C=N–C) groups is 1. The van der Waals surface area contributed by atoms with Gasteiger partial charge in [0.05, 0.1) is 12.2 Å². The average molecular weight is 470 g/mol. The topological polar surface area (TPSA) is 109 Å². The molecule has 3 aromatic rings. The molecule has 2 atom stereocenters. The van der Waals surface area contributed by atoms with Gasteiger partial charge in [-0.1, -0.05) is 37.2 Å². The number of hydrogen-bond donors (Lipinski definition) is 2. The maximum atomic E-state index is 14.7. The van der Waals surface area contributed by atoms with Gasteiger partial charge in [0.1, 0.15) is 29.5 Å². The molecule has 3 heterocycles. The van der Waals surface area contributed by atoms with E-state index in [-0.39, 0.29) is 24.1 Å². The zero-order valence-corrected chi connectivity index (χ0v) is 18.8. The lowest BCUT2D eigenvalue weighted by molar-refractivity contribution is -0.145. The minimum Gasteiger partial charge on any atom is -0.480 e. The molecule has 11 heteroatoms. The van der Waals surface area contributed by atoms with Crippen LogP contribution in [0.1, 0.15) is 25.1 Å². The number of aliphatic carboxylic acids is 1. The van der Waals surface area contributed by atoms with E-state index in [0.29, 0.717) is 22.6 Å². The number of halogens is 2. The van der Waals surface area contributed by atoms with Crippen LogP contribution in [0.15, 0.2) is 64.2 Å². The molecule has 0 saturated carbocycles. The molecule has 178 valence electrons. The largest absolute Gasteiger partial charge is 0.480 e. The Hall–Kier alpha value is -3.86. The lowest BCUT2D eigenvalue weighted by Gasteiger charge is -2.33. The van der Waals surface area contributed by atoms with Gasteiger partial charge >= 0.3 is 5.97 Å². The summed E-state index contributed by atoms with van der Waals surface area (Å²) in [4.78, 5) is 17.5. The van der Waals surface area contributed by atoms with Crippen molar-refractivity contribution in [3.63, 3.8) is 0 Å². The zero-order chi connectivity index (χ0) is 24.4. The van der Waals surface area contributed by atoms with Gasteiger partial charge in [-0.25, -0.2) is 13.8 Å². The summed E-state index contributed by atoms with van der Waals surface area (Å²) in [6.45, 7) is 3.61. The molecule has 2 N–H and O–H groups in total. The number of hydrogen-bond acceptors (Lipinski definition) is 7. The first kappa shape index (κ1) is 23.3. The third-order valence-electron chi connectivity index (χ3n) is 5.55. The van der Waals surface area contributed by atoms with Crippen molar-refractivity contribution in [3.8, 4) is 11.4 Å². The molecule has 4 rings (SSSR count). The van der Waals surface area contributed by atoms with Crippen LogP contribution in [0.4, 0.5) is 8.78 Å². The van der Waals surface area contributed by atoms with E-state index in [2.05, 4.69) is 20.6 Å². The first-order valence-electron chi connectivity index (χ1n) is 10.6. The molecule has 0 radical (unpaired) electrons. The monoisotopic (exact) mass is 470 g/mol. The van der Waals surface area contributed by atoms with Crippen molar-refractivity contribution in [1.82, 2.24) is 25.2 Å². The van der Waals surface area contributed by atoms with Gasteiger partial charge in [-0.15, -0.1) is 0 Å². The van der Waals surface area contributed by atoms with E-state index in [1.807, 2.05) is 0 Å². The Morgan fingerprint density at radius 2 is 2.03 bits per heavy atom. The molecule has 1 aromatic carbocycles. The number of carboxylic acids is 1. The van der Waals surface area contributed by atoms with Crippen molar-refractivity contribution >= 4 is 11.8 Å². The normalized spacial score (nSPS) is 16.9. The number of benzene rings is 1. The summed E-state index contributed by atoms with van der Waals surface area (Å²) in [5, 5.41) is 20.9. The number of nitrogens with one attached hydrogen (secondary N) is 1. The van der Waals surface area contributed by atoms with Crippen LogP contribution in [-0.4, -0.2) is 56.0 Å². The maximum Gasteiger partial charge on any atom is 0.321 e. The molecule has 1 aliphatic heterocycles. The molecule has 1 unspecified atom stereocenters. The minimum atomic E-state index is -1.15. The lowest BCUT2D eigenvalue weighted by Crippen LogP contribution is -2.49. The molecule has 0 aliphatic carbocycles. The fourth-order valence-corrected chi connectivity index (χ4v) is 3.93. The van der Waals surface area contributed by atoms with E-state index in [0.717, 1.165) is 6.20 Å². The van der Waals surface area contributed by atoms with Gasteiger partial charge in [0.15, 0.2) is 17.8 Å². The van der Waals surface area contributed by atoms with Crippen LogP contribution >= 0.6 is 0 Å². The second-order valence-corrected chi connectivity index (χ2v) is 8.27. The smallest absolute Gasteiger partial charge is 0.321 e. The van der Waals surface area contributed by atoms with Crippen molar-refractivity contribution in [1.29, 1.82) is 0 Å². The van der Waals surface area contributed by atoms with Gasteiger partial charge in [0.25, 0.3) is 0 Å². The summed E-state index contributed by atoms with van der Waals surface area (Å²) in [6.07, 6.45) is 1.40. The number of carboxylic acid groups (broad SMARTS) is 1. The van der Waals surface area contributed by atoms with E-state index in [9.17, 15) is 18.7 Å². The summed E-state index contributed by atoms with van der Waals surface area (Å²) >= 11 is 0. The van der Waals surface area contributed by atoms with E-state index in [4.69, 9.17) is 4.52 Å². The Balaban J connectivity index is 1.71. The van der Waals surface area contributed by atoms with E-state index in [1.165, 1.54) is 24.3 Å². The number of likely N-dealkylation sites (N-methyl/N-ethyl adjacent to an activating group) is 1. The summed E-state index contributed by atoms with van der Waals surface area (Å²) in [5.41, 5.74) is 1.80. The second-order valence-electron chi connectivity index (χ2n) is 8.27. The van der Waals surface area contributed by atoms with Gasteiger partial charge in [0.2, 0.25) is 0 Å². The van der Waals surface area contributed by atoms with Crippen molar-refractivity contribution < 1.29 is 23.2 Å². The summed E-state index contributed by atoms with van der Waals surface area (Å²) in [5.74, 6) is -2.10. The van der Waals surface area contributed by atoms with E-state index >= 15 is 0 Å². The highest BCUT2D eigenvalue weighted by molar-refractivity contribution is 5.99. The number of nitrogens with zero attached hydrogens (tertiary/aromatic N) is 5. The Morgan fingerprint density at radius 3 is 2.68 bits per heavy atom. The molecule has 0 bridgehead atoms. The van der Waals surface area contributed by atoms with E-state index < -0.39 is 24.0 Å². The van der Waals surface area contributed by atoms with Gasteiger partial charge in [-0.05, 0) is 25.1 Å². The highest BCUT2D eigenvalue weighted by Crippen LogP contribution is 2.25. The highest BCUT2D eigenvalue weighted by atomic mass is 19.1. The number of aromatic nitrogens is 3. The van der Waals surface area contributed by atoms with E-state index in [1.54, 1.807) is 48.9 Å². The molecule has 1 aliphatic rings. The zero-order valence-electron chi connectivity index (χ0n) is 18.8. The van der Waals surface area contributed by atoms with Crippen LogP contribution in [0, 0.1) is 11.7 Å². The second kappa shape index (κ2) is 9.56. The Labute approximate surface area is 194 Å². The Bertz CT molecular complexity index is 1240. The average Bonchev–Trinajstić information content (AvgIpc) is 3.45. The SMILES string of the molecule is CC(C)[C@@H](C(=O)O)N(C)C1N=C(c2cc(-c3ccon3)n(Cc3ccccc3F)n2)NC=C1F. The minimum absolute atomic E-state index is 0.115. The molecule has 2 aromatic heterocycles. The predicted molar refractivity (Wildman–Crippen MR) is 120 cm³/mol. The summed E-state index contributed by atoms with van der Waals surface area (Å²) in [7, 11) is 1.51. The van der Waals surface area contributed by atoms with Crippen LogP contribution in [0.2, 0.25) is 0 Å². The van der Waals surface area contributed by atoms with Crippen molar-refractivity contribution in [2.45, 2.75) is 32.6 Å². The highest BCUT2D eigenvalue weighted by Gasteiger charge is 2.35. The van der Waals surface area contributed by atoms with Crippen molar-refractivity contribution in [2.24, 2.45) is 10.9 Å².